The Labute approximate surface area is 122 Å². The van der Waals surface area contributed by atoms with E-state index in [4.69, 9.17) is 0 Å². The molecule has 0 heterocycles. The van der Waals surface area contributed by atoms with E-state index in [1.54, 1.807) is 0 Å². The molecule has 0 aromatic heterocycles. The van der Waals surface area contributed by atoms with Gasteiger partial charge in [0.15, 0.2) is 0 Å². The van der Waals surface area contributed by atoms with Crippen molar-refractivity contribution < 1.29 is 0 Å². The maximum atomic E-state index is 3.77. The van der Waals surface area contributed by atoms with Gasteiger partial charge in [0.05, 0.1) is 0 Å². The highest BCUT2D eigenvalue weighted by atomic mass is 14.8. The fourth-order valence-corrected chi connectivity index (χ4v) is 2.24. The van der Waals surface area contributed by atoms with E-state index in [0.29, 0.717) is 0 Å². The Balaban J connectivity index is 1.58. The summed E-state index contributed by atoms with van der Waals surface area (Å²) in [6, 6.07) is 19.3. The van der Waals surface area contributed by atoms with E-state index in [1.165, 1.54) is 23.1 Å². The van der Waals surface area contributed by atoms with Gasteiger partial charge < -0.3 is 5.32 Å². The van der Waals surface area contributed by atoms with Gasteiger partial charge in [-0.3, -0.25) is 0 Å². The van der Waals surface area contributed by atoms with Gasteiger partial charge in [0.1, 0.15) is 0 Å². The van der Waals surface area contributed by atoms with E-state index in [9.17, 15) is 0 Å². The first-order chi connectivity index (χ1) is 9.88. The molecule has 0 saturated carbocycles. The number of hydrogen-bond acceptors (Lipinski definition) is 1. The van der Waals surface area contributed by atoms with Crippen LogP contribution in [-0.2, 0) is 12.8 Å². The molecule has 0 aliphatic carbocycles. The topological polar surface area (TPSA) is 12.0 Å². The predicted octanol–water partition coefficient (Wildman–Crippen LogP) is 4.09. The van der Waals surface area contributed by atoms with Gasteiger partial charge in [-0.05, 0) is 49.0 Å². The lowest BCUT2D eigenvalue weighted by Gasteiger charge is -2.05. The van der Waals surface area contributed by atoms with Crippen LogP contribution in [-0.4, -0.2) is 13.1 Å². The molecular weight excluding hydrogens is 242 g/mol. The van der Waals surface area contributed by atoms with E-state index in [0.717, 1.165) is 25.9 Å². The van der Waals surface area contributed by atoms with Crippen molar-refractivity contribution in [2.45, 2.75) is 19.3 Å². The zero-order valence-electron chi connectivity index (χ0n) is 12.0. The van der Waals surface area contributed by atoms with Gasteiger partial charge >= 0.3 is 0 Å². The van der Waals surface area contributed by atoms with Crippen LogP contribution in [0.1, 0.15) is 23.1 Å². The Morgan fingerprint density at radius 2 is 1.50 bits per heavy atom. The predicted molar refractivity (Wildman–Crippen MR) is 87.9 cm³/mol. The monoisotopic (exact) mass is 265 g/mol. The lowest BCUT2D eigenvalue weighted by atomic mass is 10.1. The minimum Gasteiger partial charge on any atom is -0.316 e. The molecular formula is C19H23N. The molecule has 0 radical (unpaired) electrons. The molecule has 2 aromatic carbocycles. The Hall–Kier alpha value is -1.86. The van der Waals surface area contributed by atoms with Crippen LogP contribution in [0.5, 0.6) is 0 Å². The lowest BCUT2D eigenvalue weighted by molar-refractivity contribution is 0.647. The largest absolute Gasteiger partial charge is 0.316 e. The van der Waals surface area contributed by atoms with Gasteiger partial charge in [0, 0.05) is 0 Å². The molecule has 20 heavy (non-hydrogen) atoms. The third-order valence-corrected chi connectivity index (χ3v) is 3.47. The Morgan fingerprint density at radius 1 is 0.800 bits per heavy atom. The second-order valence-corrected chi connectivity index (χ2v) is 5.03. The first-order valence-corrected chi connectivity index (χ1v) is 7.34. The number of benzene rings is 2. The zero-order valence-corrected chi connectivity index (χ0v) is 12.0. The second-order valence-electron chi connectivity index (χ2n) is 5.03. The SMILES string of the molecule is C=Cc1ccc(CCNCCCc2ccccc2)cc1. The van der Waals surface area contributed by atoms with Gasteiger partial charge in [-0.2, -0.15) is 0 Å². The molecule has 0 spiro atoms. The van der Waals surface area contributed by atoms with E-state index >= 15 is 0 Å². The fourth-order valence-electron chi connectivity index (χ4n) is 2.24. The van der Waals surface area contributed by atoms with Gasteiger partial charge in [0.2, 0.25) is 0 Å². The second kappa shape index (κ2) is 8.34. The summed E-state index contributed by atoms with van der Waals surface area (Å²) in [7, 11) is 0. The molecule has 0 bridgehead atoms. The minimum atomic E-state index is 1.04. The van der Waals surface area contributed by atoms with Crippen molar-refractivity contribution in [2.75, 3.05) is 13.1 Å². The van der Waals surface area contributed by atoms with E-state index in [2.05, 4.69) is 66.5 Å². The van der Waals surface area contributed by atoms with Gasteiger partial charge in [-0.15, -0.1) is 0 Å². The van der Waals surface area contributed by atoms with Crippen LogP contribution in [0.25, 0.3) is 6.08 Å². The van der Waals surface area contributed by atoms with Gasteiger partial charge in [0.25, 0.3) is 0 Å². The quantitative estimate of drug-likeness (QED) is 0.709. The molecule has 0 atom stereocenters. The summed E-state index contributed by atoms with van der Waals surface area (Å²) >= 11 is 0. The van der Waals surface area contributed by atoms with Crippen LogP contribution in [0.2, 0.25) is 0 Å². The van der Waals surface area contributed by atoms with E-state index < -0.39 is 0 Å². The molecule has 1 heteroatoms. The van der Waals surface area contributed by atoms with Crippen LogP contribution in [0.15, 0.2) is 61.2 Å². The summed E-state index contributed by atoms with van der Waals surface area (Å²) in [6.45, 7) is 5.90. The summed E-state index contributed by atoms with van der Waals surface area (Å²) in [4.78, 5) is 0. The standard InChI is InChI=1S/C19H23N/c1-2-17-10-12-19(13-11-17)14-16-20-15-6-9-18-7-4-3-5-8-18/h2-5,7-8,10-13,20H,1,6,9,14-16H2. The van der Waals surface area contributed by atoms with Crippen LogP contribution in [0.3, 0.4) is 0 Å². The molecule has 1 nitrogen and oxygen atoms in total. The van der Waals surface area contributed by atoms with Gasteiger partial charge in [-0.25, -0.2) is 0 Å². The highest BCUT2D eigenvalue weighted by Crippen LogP contribution is 2.06. The molecule has 0 aliphatic heterocycles. The van der Waals surface area contributed by atoms with Crippen LogP contribution >= 0.6 is 0 Å². The molecule has 1 N–H and O–H groups in total. The van der Waals surface area contributed by atoms with Crippen LogP contribution < -0.4 is 5.32 Å². The third kappa shape index (κ3) is 5.02. The number of nitrogens with one attached hydrogen (secondary N) is 1. The summed E-state index contributed by atoms with van der Waals surface area (Å²) in [5.41, 5.74) is 3.99. The van der Waals surface area contributed by atoms with E-state index in [-0.39, 0.29) is 0 Å². The molecule has 2 aromatic rings. The van der Waals surface area contributed by atoms with Gasteiger partial charge in [-0.1, -0.05) is 67.3 Å². The highest BCUT2D eigenvalue weighted by molar-refractivity contribution is 5.47. The molecule has 2 rings (SSSR count). The molecule has 0 saturated heterocycles. The Kier molecular flexibility index (Phi) is 6.07. The Morgan fingerprint density at radius 3 is 2.20 bits per heavy atom. The summed E-state index contributed by atoms with van der Waals surface area (Å²) in [6.07, 6.45) is 5.32. The zero-order chi connectivity index (χ0) is 14.0. The third-order valence-electron chi connectivity index (χ3n) is 3.47. The first kappa shape index (κ1) is 14.5. The molecule has 0 fully saturated rings. The fraction of sp³-hybridized carbons (Fsp3) is 0.263. The van der Waals surface area contributed by atoms with Crippen molar-refractivity contribution in [3.8, 4) is 0 Å². The smallest absolute Gasteiger partial charge is 0.000835 e. The number of aryl methyl sites for hydroxylation is 1. The lowest BCUT2D eigenvalue weighted by Crippen LogP contribution is -2.19. The Bertz CT molecular complexity index is 499. The maximum absolute atomic E-state index is 3.77. The van der Waals surface area contributed by atoms with Crippen molar-refractivity contribution in [3.63, 3.8) is 0 Å². The average molecular weight is 265 g/mol. The maximum Gasteiger partial charge on any atom is -0.000835 e. The van der Waals surface area contributed by atoms with Crippen LogP contribution in [0, 0.1) is 0 Å². The first-order valence-electron chi connectivity index (χ1n) is 7.34. The average Bonchev–Trinajstić information content (AvgIpc) is 2.52. The minimum absolute atomic E-state index is 1.04. The number of rotatable bonds is 8. The van der Waals surface area contributed by atoms with Crippen molar-refractivity contribution in [1.29, 1.82) is 0 Å². The molecule has 0 aliphatic rings. The normalized spacial score (nSPS) is 10.4. The van der Waals surface area contributed by atoms with Crippen molar-refractivity contribution >= 4 is 6.08 Å². The summed E-state index contributed by atoms with van der Waals surface area (Å²) < 4.78 is 0. The van der Waals surface area contributed by atoms with E-state index in [1.807, 2.05) is 6.08 Å². The highest BCUT2D eigenvalue weighted by Gasteiger charge is 1.94. The van der Waals surface area contributed by atoms with Crippen LogP contribution in [0.4, 0.5) is 0 Å². The molecule has 0 unspecified atom stereocenters. The summed E-state index contributed by atoms with van der Waals surface area (Å²) in [5.74, 6) is 0. The molecule has 104 valence electrons. The van der Waals surface area contributed by atoms with Crippen molar-refractivity contribution in [1.82, 2.24) is 5.32 Å². The van der Waals surface area contributed by atoms with Crippen molar-refractivity contribution in [3.05, 3.63) is 77.9 Å². The summed E-state index contributed by atoms with van der Waals surface area (Å²) in [5, 5.41) is 3.51. The van der Waals surface area contributed by atoms with Crippen molar-refractivity contribution in [2.24, 2.45) is 0 Å². The molecule has 0 amide bonds. The number of hydrogen-bond donors (Lipinski definition) is 1.